The van der Waals surface area contributed by atoms with Gasteiger partial charge >= 0.3 is 0 Å². The van der Waals surface area contributed by atoms with Gasteiger partial charge in [0.05, 0.1) is 20.3 Å². The molecule has 0 bridgehead atoms. The summed E-state index contributed by atoms with van der Waals surface area (Å²) in [5.41, 5.74) is 2.58. The van der Waals surface area contributed by atoms with E-state index in [1.165, 1.54) is 24.0 Å². The zero-order valence-electron chi connectivity index (χ0n) is 15.0. The van der Waals surface area contributed by atoms with Crippen LogP contribution in [0.3, 0.4) is 0 Å². The van der Waals surface area contributed by atoms with E-state index < -0.39 is 0 Å². The summed E-state index contributed by atoms with van der Waals surface area (Å²) in [4.78, 5) is 2.42. The molecule has 6 heteroatoms. The first-order valence-electron chi connectivity index (χ1n) is 8.80. The third-order valence-electron chi connectivity index (χ3n) is 4.85. The van der Waals surface area contributed by atoms with Crippen molar-refractivity contribution in [3.05, 3.63) is 35.9 Å². The Morgan fingerprint density at radius 1 is 1.32 bits per heavy atom. The van der Waals surface area contributed by atoms with Gasteiger partial charge in [0, 0.05) is 25.7 Å². The van der Waals surface area contributed by atoms with E-state index in [9.17, 15) is 0 Å². The number of methoxy groups -OCH3 is 2. The van der Waals surface area contributed by atoms with E-state index in [0.29, 0.717) is 6.04 Å². The van der Waals surface area contributed by atoms with E-state index >= 15 is 0 Å². The summed E-state index contributed by atoms with van der Waals surface area (Å²) in [6.45, 7) is 6.50. The maximum absolute atomic E-state index is 5.51. The van der Waals surface area contributed by atoms with Gasteiger partial charge in [-0.15, -0.1) is 6.58 Å². The Morgan fingerprint density at radius 2 is 2.04 bits per heavy atom. The fraction of sp³-hybridized carbons (Fsp3) is 0.526. The number of hydrogen-bond acceptors (Lipinski definition) is 4. The van der Waals surface area contributed by atoms with Crippen molar-refractivity contribution in [3.8, 4) is 11.5 Å². The molecule has 1 saturated carbocycles. The highest BCUT2D eigenvalue weighted by Gasteiger charge is 2.29. The molecule has 2 N–H and O–H groups in total. The molecule has 0 amide bonds. The van der Waals surface area contributed by atoms with Gasteiger partial charge in [-0.2, -0.15) is 0 Å². The van der Waals surface area contributed by atoms with E-state index in [0.717, 1.165) is 42.7 Å². The molecule has 1 aliphatic carbocycles. The summed E-state index contributed by atoms with van der Waals surface area (Å²) < 4.78 is 11.0. The van der Waals surface area contributed by atoms with E-state index in [2.05, 4.69) is 34.2 Å². The van der Waals surface area contributed by atoms with Crippen LogP contribution in [0.15, 0.2) is 24.8 Å². The van der Waals surface area contributed by atoms with Gasteiger partial charge in [0.1, 0.15) is 0 Å². The first kappa shape index (κ1) is 18.0. The number of fused-ring (bicyclic) bond motifs is 1. The van der Waals surface area contributed by atoms with Gasteiger partial charge in [-0.1, -0.05) is 6.08 Å². The van der Waals surface area contributed by atoms with Crippen molar-refractivity contribution in [3.63, 3.8) is 0 Å². The van der Waals surface area contributed by atoms with Gasteiger partial charge in [0.15, 0.2) is 16.6 Å². The molecule has 0 aromatic heterocycles. The van der Waals surface area contributed by atoms with E-state index in [1.807, 2.05) is 6.08 Å². The fourth-order valence-corrected chi connectivity index (χ4v) is 3.61. The topological polar surface area (TPSA) is 45.8 Å². The number of hydrogen-bond donors (Lipinski definition) is 2. The van der Waals surface area contributed by atoms with Crippen LogP contribution in [0.5, 0.6) is 11.5 Å². The second-order valence-electron chi connectivity index (χ2n) is 6.58. The molecule has 0 unspecified atom stereocenters. The van der Waals surface area contributed by atoms with Gasteiger partial charge in [0.25, 0.3) is 0 Å². The number of rotatable bonds is 7. The summed E-state index contributed by atoms with van der Waals surface area (Å²) in [5, 5.41) is 7.48. The molecule has 5 nitrogen and oxygen atoms in total. The van der Waals surface area contributed by atoms with Crippen molar-refractivity contribution < 1.29 is 9.47 Å². The summed E-state index contributed by atoms with van der Waals surface area (Å²) in [5.74, 6) is 1.56. The van der Waals surface area contributed by atoms with Crippen LogP contribution < -0.4 is 20.1 Å². The average Bonchev–Trinajstić information content (AvgIpc) is 3.43. The Bertz CT molecular complexity index is 646. The second kappa shape index (κ2) is 8.06. The first-order chi connectivity index (χ1) is 12.2. The third-order valence-corrected chi connectivity index (χ3v) is 5.11. The predicted molar refractivity (Wildman–Crippen MR) is 105 cm³/mol. The lowest BCUT2D eigenvalue weighted by atomic mass is 9.91. The second-order valence-corrected chi connectivity index (χ2v) is 6.99. The Kier molecular flexibility index (Phi) is 5.81. The van der Waals surface area contributed by atoms with Crippen molar-refractivity contribution in [1.29, 1.82) is 0 Å². The zero-order chi connectivity index (χ0) is 17.8. The summed E-state index contributed by atoms with van der Waals surface area (Å²) in [6.07, 6.45) is 5.38. The average molecular weight is 362 g/mol. The van der Waals surface area contributed by atoms with E-state index in [1.54, 1.807) is 14.2 Å². The Hall–Kier alpha value is -1.79. The summed E-state index contributed by atoms with van der Waals surface area (Å²) in [7, 11) is 3.36. The molecule has 3 rings (SSSR count). The van der Waals surface area contributed by atoms with Gasteiger partial charge in [-0.3, -0.25) is 4.90 Å². The maximum atomic E-state index is 5.51. The molecule has 1 aliphatic heterocycles. The quantitative estimate of drug-likeness (QED) is 0.574. The minimum absolute atomic E-state index is 0.223. The highest BCUT2D eigenvalue weighted by Crippen LogP contribution is 2.37. The lowest BCUT2D eigenvalue weighted by Gasteiger charge is -2.37. The summed E-state index contributed by atoms with van der Waals surface area (Å²) in [6, 6.07) is 4.99. The molecule has 1 aromatic rings. The monoisotopic (exact) mass is 361 g/mol. The van der Waals surface area contributed by atoms with Crippen molar-refractivity contribution >= 4 is 17.3 Å². The largest absolute Gasteiger partial charge is 0.493 e. The Labute approximate surface area is 155 Å². The van der Waals surface area contributed by atoms with Crippen LogP contribution in [0.2, 0.25) is 0 Å². The number of ether oxygens (including phenoxy) is 2. The minimum atomic E-state index is 0.223. The number of nitrogens with one attached hydrogen (secondary N) is 2. The molecule has 2 aliphatic rings. The van der Waals surface area contributed by atoms with Crippen LogP contribution in [-0.2, 0) is 6.42 Å². The van der Waals surface area contributed by atoms with Crippen molar-refractivity contribution in [2.75, 3.05) is 33.9 Å². The normalized spacial score (nSPS) is 19.7. The Balaban J connectivity index is 1.81. The molecule has 1 fully saturated rings. The van der Waals surface area contributed by atoms with Gasteiger partial charge < -0.3 is 20.1 Å². The van der Waals surface area contributed by atoms with Crippen LogP contribution in [0.25, 0.3) is 0 Å². The zero-order valence-corrected chi connectivity index (χ0v) is 15.8. The predicted octanol–water partition coefficient (Wildman–Crippen LogP) is 2.42. The van der Waals surface area contributed by atoms with Crippen molar-refractivity contribution in [1.82, 2.24) is 15.5 Å². The van der Waals surface area contributed by atoms with Gasteiger partial charge in [-0.25, -0.2) is 0 Å². The molecular weight excluding hydrogens is 334 g/mol. The van der Waals surface area contributed by atoms with Crippen molar-refractivity contribution in [2.24, 2.45) is 0 Å². The third kappa shape index (κ3) is 4.25. The highest BCUT2D eigenvalue weighted by atomic mass is 32.1. The van der Waals surface area contributed by atoms with Crippen LogP contribution in [0.1, 0.15) is 30.0 Å². The minimum Gasteiger partial charge on any atom is -0.493 e. The number of benzene rings is 1. The summed E-state index contributed by atoms with van der Waals surface area (Å²) >= 11 is 5.42. The smallest absolute Gasteiger partial charge is 0.166 e. The lowest BCUT2D eigenvalue weighted by Crippen LogP contribution is -2.45. The lowest BCUT2D eigenvalue weighted by molar-refractivity contribution is 0.205. The molecule has 0 radical (unpaired) electrons. The SMILES string of the molecule is C=CCN1CCc2cc(OC)c(OC)cc2[C@H]1CNC(=S)NC1CC1. The molecular formula is C19H27N3O2S. The molecule has 1 heterocycles. The van der Waals surface area contributed by atoms with Gasteiger partial charge in [0.2, 0.25) is 0 Å². The first-order valence-corrected chi connectivity index (χ1v) is 9.21. The molecule has 0 spiro atoms. The Morgan fingerprint density at radius 3 is 2.68 bits per heavy atom. The van der Waals surface area contributed by atoms with Crippen LogP contribution in [0, 0.1) is 0 Å². The maximum Gasteiger partial charge on any atom is 0.166 e. The van der Waals surface area contributed by atoms with E-state index in [4.69, 9.17) is 21.7 Å². The van der Waals surface area contributed by atoms with Crippen LogP contribution >= 0.6 is 12.2 Å². The molecule has 1 aromatic carbocycles. The van der Waals surface area contributed by atoms with Crippen molar-refractivity contribution in [2.45, 2.75) is 31.3 Å². The molecule has 0 saturated heterocycles. The number of nitrogens with zero attached hydrogens (tertiary/aromatic N) is 1. The standard InChI is InChI=1S/C19H27N3O2S/c1-4-8-22-9-7-13-10-17(23-2)18(24-3)11-15(13)16(22)12-20-19(25)21-14-5-6-14/h4,10-11,14,16H,1,5-9,12H2,2-3H3,(H2,20,21,25)/t16-/m1/s1. The fourth-order valence-electron chi connectivity index (χ4n) is 3.36. The highest BCUT2D eigenvalue weighted by molar-refractivity contribution is 7.80. The van der Waals surface area contributed by atoms with Crippen LogP contribution in [0.4, 0.5) is 0 Å². The molecule has 136 valence electrons. The van der Waals surface area contributed by atoms with E-state index in [-0.39, 0.29) is 6.04 Å². The molecule has 25 heavy (non-hydrogen) atoms. The molecule has 1 atom stereocenters. The van der Waals surface area contributed by atoms with Gasteiger partial charge in [-0.05, 0) is 54.7 Å². The van der Waals surface area contributed by atoms with Crippen LogP contribution in [-0.4, -0.2) is 49.9 Å². The number of thiocarbonyl (C=S) groups is 1.